The average Bonchev–Trinajstić information content (AvgIpc) is 3.72. The Morgan fingerprint density at radius 1 is 0.554 bits per heavy atom. The molecule has 0 spiro atoms. The van der Waals surface area contributed by atoms with Crippen LogP contribution in [0.5, 0.6) is 11.8 Å². The zero-order valence-electron chi connectivity index (χ0n) is 35.6. The van der Waals surface area contributed by atoms with Crippen molar-refractivity contribution in [2.24, 2.45) is 0 Å². The number of carbonyl (C=O) groups is 4. The van der Waals surface area contributed by atoms with Crippen molar-refractivity contribution in [1.82, 2.24) is 19.1 Å². The number of Topliss-reactive ketones (excluding diaryl/α,β-unsaturated/α-hetero) is 2. The molecule has 16 heteroatoms. The van der Waals surface area contributed by atoms with Crippen molar-refractivity contribution >= 4 is 56.6 Å². The number of benzene rings is 4. The molecule has 12 nitrogen and oxygen atoms in total. The van der Waals surface area contributed by atoms with Gasteiger partial charge in [-0.3, -0.25) is 19.2 Å². The highest BCUT2D eigenvalue weighted by Crippen LogP contribution is 2.31. The van der Waals surface area contributed by atoms with Crippen LogP contribution in [-0.2, 0) is 22.7 Å². The Labute approximate surface area is 369 Å². The smallest absolute Gasteiger partial charge is 0.296 e. The highest BCUT2D eigenvalue weighted by atomic mass is 19.1. The number of anilines is 2. The minimum atomic E-state index is -0.822. The van der Waals surface area contributed by atoms with E-state index in [0.29, 0.717) is 56.3 Å². The predicted molar refractivity (Wildman–Crippen MR) is 237 cm³/mol. The lowest BCUT2D eigenvalue weighted by Crippen LogP contribution is -2.23. The molecular formula is C49H40F4N6O6. The highest BCUT2D eigenvalue weighted by Gasteiger charge is 2.27. The summed E-state index contributed by atoms with van der Waals surface area (Å²) >= 11 is 0. The van der Waals surface area contributed by atoms with E-state index in [4.69, 9.17) is 9.47 Å². The number of nitrogens with one attached hydrogen (secondary N) is 2. The number of ether oxygens (including phenoxy) is 2. The molecule has 0 atom stereocenters. The number of hydrogen-bond donors (Lipinski definition) is 2. The minimum absolute atomic E-state index is 0.0773. The van der Waals surface area contributed by atoms with Crippen molar-refractivity contribution < 1.29 is 46.2 Å². The molecule has 0 aliphatic heterocycles. The van der Waals surface area contributed by atoms with Crippen molar-refractivity contribution in [3.8, 4) is 11.8 Å². The van der Waals surface area contributed by atoms with Crippen LogP contribution in [0.4, 0.5) is 28.9 Å². The van der Waals surface area contributed by atoms with Gasteiger partial charge in [0, 0.05) is 92.4 Å². The Morgan fingerprint density at radius 3 is 1.49 bits per heavy atom. The lowest BCUT2D eigenvalue weighted by molar-refractivity contribution is -0.113. The van der Waals surface area contributed by atoms with Gasteiger partial charge in [0.25, 0.3) is 23.4 Å². The summed E-state index contributed by atoms with van der Waals surface area (Å²) in [6.45, 7) is 5.43. The number of halogens is 4. The minimum Gasteiger partial charge on any atom is -0.481 e. The van der Waals surface area contributed by atoms with Crippen LogP contribution in [0, 0.1) is 44.0 Å². The summed E-state index contributed by atoms with van der Waals surface area (Å²) in [6, 6.07) is 25.4. The third-order valence-corrected chi connectivity index (χ3v) is 10.7. The van der Waals surface area contributed by atoms with Gasteiger partial charge >= 0.3 is 0 Å². The Kier molecular flexibility index (Phi) is 13.2. The monoisotopic (exact) mass is 884 g/mol. The first-order chi connectivity index (χ1) is 31.2. The van der Waals surface area contributed by atoms with Crippen LogP contribution in [0.15, 0.2) is 116 Å². The number of nitrogens with zero attached hydrogens (tertiary/aromatic N) is 4. The van der Waals surface area contributed by atoms with E-state index in [-0.39, 0.29) is 35.3 Å². The summed E-state index contributed by atoms with van der Waals surface area (Å²) in [5.74, 6) is -5.20. The number of ketones is 2. The fraction of sp³-hybridized carbons (Fsp3) is 0.143. The lowest BCUT2D eigenvalue weighted by Gasteiger charge is -2.10. The van der Waals surface area contributed by atoms with Gasteiger partial charge in [-0.1, -0.05) is 42.0 Å². The molecule has 0 bridgehead atoms. The fourth-order valence-electron chi connectivity index (χ4n) is 7.45. The first-order valence-corrected chi connectivity index (χ1v) is 19.9. The quantitative estimate of drug-likeness (QED) is 0.0702. The molecular weight excluding hydrogens is 845 g/mol. The van der Waals surface area contributed by atoms with Crippen LogP contribution in [-0.4, -0.2) is 56.7 Å². The van der Waals surface area contributed by atoms with Crippen LogP contribution >= 0.6 is 0 Å². The maximum Gasteiger partial charge on any atom is 0.296 e. The van der Waals surface area contributed by atoms with Gasteiger partial charge in [0.1, 0.15) is 23.3 Å². The van der Waals surface area contributed by atoms with E-state index in [0.717, 1.165) is 17.7 Å². The Balaban J connectivity index is 0.000000194. The molecule has 65 heavy (non-hydrogen) atoms. The fourth-order valence-corrected chi connectivity index (χ4v) is 7.45. The molecule has 2 amide bonds. The van der Waals surface area contributed by atoms with Gasteiger partial charge in [0.2, 0.25) is 11.8 Å². The van der Waals surface area contributed by atoms with Crippen LogP contribution < -0.4 is 20.1 Å². The molecule has 4 heterocycles. The molecule has 4 aromatic heterocycles. The lowest BCUT2D eigenvalue weighted by atomic mass is 10.0. The van der Waals surface area contributed by atoms with Crippen molar-refractivity contribution in [3.05, 3.63) is 178 Å². The van der Waals surface area contributed by atoms with Gasteiger partial charge in [0.15, 0.2) is 0 Å². The number of pyridine rings is 2. The summed E-state index contributed by atoms with van der Waals surface area (Å²) in [7, 11) is 2.89. The summed E-state index contributed by atoms with van der Waals surface area (Å²) in [4.78, 5) is 59.8. The SMILES string of the molecule is COc1cc(NC(=O)C(=O)c2c(C)n(Cc3ccc(F)cc3F)c3ccc(C)cc23)ccn1.COc1cc(NC(=O)C(=O)c2c(C)n(Cc3ccc(F)cc3F)c3ccccc23)ccn1. The molecule has 8 aromatic rings. The zero-order valence-corrected chi connectivity index (χ0v) is 35.6. The normalized spacial score (nSPS) is 10.9. The standard InChI is InChI=1S/C25H21F2N3O3.C24H19F2N3O3/c1-14-4-7-21-19(10-14)23(15(2)30(21)13-16-5-6-17(26)11-20(16)27)24(31)25(32)29-18-8-9-28-22(12-18)33-3;1-14-22(23(30)24(31)28-17-9-10-27-21(12-17)32-2)18-5-3-4-6-20(18)29(14)13-15-7-8-16(25)11-19(15)26/h4-12H,13H2,1-3H3,(H,28,29,32);3-12H,13H2,1-2H3,(H,27,28,31). The van der Waals surface area contributed by atoms with E-state index < -0.39 is 46.6 Å². The average molecular weight is 885 g/mol. The van der Waals surface area contributed by atoms with Crippen LogP contribution in [0.1, 0.15) is 48.8 Å². The number of hydrogen-bond acceptors (Lipinski definition) is 8. The molecule has 0 fully saturated rings. The third kappa shape index (κ3) is 9.61. The Morgan fingerprint density at radius 2 is 1.02 bits per heavy atom. The Bertz CT molecular complexity index is 3160. The van der Waals surface area contributed by atoms with Crippen molar-refractivity contribution in [2.75, 3.05) is 24.9 Å². The van der Waals surface area contributed by atoms with Crippen molar-refractivity contribution in [2.45, 2.75) is 33.9 Å². The number of amides is 2. The van der Waals surface area contributed by atoms with Crippen LogP contribution in [0.3, 0.4) is 0 Å². The molecule has 4 aromatic carbocycles. The summed E-state index contributed by atoms with van der Waals surface area (Å²) in [5.41, 5.74) is 4.97. The maximum absolute atomic E-state index is 14.3. The Hall–Kier alpha value is -8.14. The van der Waals surface area contributed by atoms with E-state index in [1.54, 1.807) is 59.4 Å². The number of aryl methyl sites for hydroxylation is 1. The first-order valence-electron chi connectivity index (χ1n) is 19.9. The summed E-state index contributed by atoms with van der Waals surface area (Å²) in [5, 5.41) is 6.29. The van der Waals surface area contributed by atoms with E-state index in [1.165, 1.54) is 63.0 Å². The summed E-state index contributed by atoms with van der Waals surface area (Å²) in [6.07, 6.45) is 2.91. The molecule has 8 rings (SSSR count). The van der Waals surface area contributed by atoms with Gasteiger partial charge in [0.05, 0.1) is 38.4 Å². The zero-order chi connectivity index (χ0) is 46.5. The maximum atomic E-state index is 14.3. The number of para-hydroxylation sites is 1. The van der Waals surface area contributed by atoms with E-state index in [2.05, 4.69) is 20.6 Å². The third-order valence-electron chi connectivity index (χ3n) is 10.7. The van der Waals surface area contributed by atoms with Gasteiger partial charge in [-0.2, -0.15) is 0 Å². The number of rotatable bonds is 12. The molecule has 2 N–H and O–H groups in total. The van der Waals surface area contributed by atoms with Gasteiger partial charge in [-0.25, -0.2) is 27.5 Å². The number of aromatic nitrogens is 4. The molecule has 0 radical (unpaired) electrons. The molecule has 0 aliphatic rings. The number of methoxy groups -OCH3 is 2. The van der Waals surface area contributed by atoms with Crippen LogP contribution in [0.2, 0.25) is 0 Å². The van der Waals surface area contributed by atoms with E-state index >= 15 is 0 Å². The van der Waals surface area contributed by atoms with Gasteiger partial charge in [-0.15, -0.1) is 0 Å². The first kappa shape index (κ1) is 44.9. The molecule has 0 saturated heterocycles. The highest BCUT2D eigenvalue weighted by molar-refractivity contribution is 6.49. The molecule has 0 aliphatic carbocycles. The van der Waals surface area contributed by atoms with Gasteiger partial charge < -0.3 is 29.2 Å². The number of carbonyl (C=O) groups excluding carboxylic acids is 4. The van der Waals surface area contributed by atoms with E-state index in [1.807, 2.05) is 25.1 Å². The topological polar surface area (TPSA) is 146 Å². The predicted octanol–water partition coefficient (Wildman–Crippen LogP) is 9.31. The second kappa shape index (κ2) is 19.1. The van der Waals surface area contributed by atoms with Crippen LogP contribution in [0.25, 0.3) is 21.8 Å². The van der Waals surface area contributed by atoms with Crippen molar-refractivity contribution in [3.63, 3.8) is 0 Å². The molecule has 330 valence electrons. The summed E-state index contributed by atoms with van der Waals surface area (Å²) < 4.78 is 68.8. The van der Waals surface area contributed by atoms with Crippen molar-refractivity contribution in [1.29, 1.82) is 0 Å². The van der Waals surface area contributed by atoms with Gasteiger partial charge in [-0.05, 0) is 63.2 Å². The largest absolute Gasteiger partial charge is 0.481 e. The number of fused-ring (bicyclic) bond motifs is 2. The second-order valence-electron chi connectivity index (χ2n) is 14.8. The molecule has 0 unspecified atom stereocenters. The van der Waals surface area contributed by atoms with E-state index in [9.17, 15) is 36.7 Å². The molecule has 0 saturated carbocycles. The second-order valence-corrected chi connectivity index (χ2v) is 14.8.